The van der Waals surface area contributed by atoms with Crippen molar-refractivity contribution in [3.8, 4) is 0 Å². The highest BCUT2D eigenvalue weighted by Crippen LogP contribution is 2.26. The first kappa shape index (κ1) is 6.91. The molecule has 2 rings (SSSR count). The van der Waals surface area contributed by atoms with Crippen LogP contribution < -0.4 is 0 Å². The maximum atomic E-state index is 10.4. The highest BCUT2D eigenvalue weighted by atomic mass is 32.2. The largest absolute Gasteiger partial charge is 0.360 e. The van der Waals surface area contributed by atoms with Crippen molar-refractivity contribution in [2.45, 2.75) is 12.2 Å². The fraction of sp³-hybridized carbons (Fsp3) is 0.429. The second-order valence-electron chi connectivity index (χ2n) is 2.39. The van der Waals surface area contributed by atoms with E-state index in [1.54, 1.807) is 0 Å². The molecule has 1 aromatic heterocycles. The zero-order valence-corrected chi connectivity index (χ0v) is 6.69. The molecule has 0 aliphatic carbocycles. The van der Waals surface area contributed by atoms with Crippen molar-refractivity contribution < 1.29 is 9.32 Å². The van der Waals surface area contributed by atoms with Gasteiger partial charge in [0, 0.05) is 23.5 Å². The molecule has 0 bridgehead atoms. The summed E-state index contributed by atoms with van der Waals surface area (Å²) in [6.45, 7) is 0. The van der Waals surface area contributed by atoms with E-state index >= 15 is 0 Å². The third-order valence-corrected chi connectivity index (χ3v) is 2.72. The number of fused-ring (bicyclic) bond motifs is 1. The molecule has 0 unspecified atom stereocenters. The van der Waals surface area contributed by atoms with E-state index in [1.807, 2.05) is 11.8 Å². The second-order valence-corrected chi connectivity index (χ2v) is 3.50. The second kappa shape index (κ2) is 2.70. The number of hydrogen-bond donors (Lipinski definition) is 0. The number of aldehydes is 1. The smallest absolute Gasteiger partial charge is 0.172 e. The van der Waals surface area contributed by atoms with E-state index < -0.39 is 0 Å². The molecule has 4 heteroatoms. The zero-order valence-electron chi connectivity index (χ0n) is 5.87. The molecule has 1 aliphatic heterocycles. The van der Waals surface area contributed by atoms with Crippen LogP contribution in [0.25, 0.3) is 0 Å². The quantitative estimate of drug-likeness (QED) is 0.594. The minimum Gasteiger partial charge on any atom is -0.360 e. The van der Waals surface area contributed by atoms with Gasteiger partial charge in [-0.05, 0) is 0 Å². The lowest BCUT2D eigenvalue weighted by Gasteiger charge is -2.06. The summed E-state index contributed by atoms with van der Waals surface area (Å²) < 4.78 is 4.98. The standard InChI is InChI=1S/C7H7NO2S/c9-3-6-5-4-11-2-1-7(5)10-8-6/h3H,1-2,4H2. The summed E-state index contributed by atoms with van der Waals surface area (Å²) in [5.74, 6) is 2.83. The van der Waals surface area contributed by atoms with Crippen LogP contribution in [0, 0.1) is 0 Å². The van der Waals surface area contributed by atoms with Gasteiger partial charge < -0.3 is 4.52 Å². The molecule has 0 amide bonds. The molecule has 0 saturated carbocycles. The normalized spacial score (nSPS) is 16.0. The SMILES string of the molecule is O=Cc1noc2c1CSCC2. The zero-order chi connectivity index (χ0) is 7.68. The molecule has 0 atom stereocenters. The minimum atomic E-state index is 0.479. The Balaban J connectivity index is 2.45. The third-order valence-electron chi connectivity index (χ3n) is 1.73. The highest BCUT2D eigenvalue weighted by Gasteiger charge is 2.18. The molecular weight excluding hydrogens is 162 g/mol. The number of thioether (sulfide) groups is 1. The van der Waals surface area contributed by atoms with Crippen LogP contribution in [0.4, 0.5) is 0 Å². The number of carbonyl (C=O) groups is 1. The molecule has 3 nitrogen and oxygen atoms in total. The van der Waals surface area contributed by atoms with Crippen LogP contribution >= 0.6 is 11.8 Å². The average Bonchev–Trinajstić information content (AvgIpc) is 2.47. The Morgan fingerprint density at radius 1 is 1.64 bits per heavy atom. The Hall–Kier alpha value is -0.770. The van der Waals surface area contributed by atoms with Gasteiger partial charge >= 0.3 is 0 Å². The van der Waals surface area contributed by atoms with Gasteiger partial charge in [-0.25, -0.2) is 0 Å². The van der Waals surface area contributed by atoms with Crippen molar-refractivity contribution in [1.29, 1.82) is 0 Å². The Morgan fingerprint density at radius 2 is 2.55 bits per heavy atom. The number of carbonyl (C=O) groups excluding carboxylic acids is 1. The number of nitrogens with zero attached hydrogens (tertiary/aromatic N) is 1. The lowest BCUT2D eigenvalue weighted by atomic mass is 10.2. The lowest BCUT2D eigenvalue weighted by Crippen LogP contribution is -2.00. The Morgan fingerprint density at radius 3 is 3.36 bits per heavy atom. The summed E-state index contributed by atoms with van der Waals surface area (Å²) in [4.78, 5) is 10.4. The summed E-state index contributed by atoms with van der Waals surface area (Å²) in [7, 11) is 0. The van der Waals surface area contributed by atoms with Crippen LogP contribution in [-0.4, -0.2) is 17.2 Å². The number of aromatic nitrogens is 1. The number of hydrogen-bond acceptors (Lipinski definition) is 4. The molecule has 0 spiro atoms. The predicted octanol–water partition coefficient (Wildman–Crippen LogP) is 1.28. The maximum Gasteiger partial charge on any atom is 0.172 e. The van der Waals surface area contributed by atoms with E-state index in [1.165, 1.54) is 0 Å². The monoisotopic (exact) mass is 169 g/mol. The molecular formula is C7H7NO2S. The molecule has 1 aromatic rings. The highest BCUT2D eigenvalue weighted by molar-refractivity contribution is 7.98. The van der Waals surface area contributed by atoms with Crippen LogP contribution in [-0.2, 0) is 12.2 Å². The van der Waals surface area contributed by atoms with Crippen LogP contribution in [0.2, 0.25) is 0 Å². The molecule has 58 valence electrons. The molecule has 0 fully saturated rings. The third kappa shape index (κ3) is 1.07. The van der Waals surface area contributed by atoms with E-state index in [2.05, 4.69) is 5.16 Å². The molecule has 2 heterocycles. The molecule has 0 aromatic carbocycles. The molecule has 0 saturated heterocycles. The Bertz CT molecular complexity index is 282. The van der Waals surface area contributed by atoms with Gasteiger partial charge in [0.05, 0.1) is 0 Å². The Kier molecular flexibility index (Phi) is 1.69. The van der Waals surface area contributed by atoms with E-state index in [0.29, 0.717) is 5.69 Å². The van der Waals surface area contributed by atoms with Gasteiger partial charge in [-0.1, -0.05) is 5.16 Å². The first-order valence-electron chi connectivity index (χ1n) is 3.42. The molecule has 1 aliphatic rings. The minimum absolute atomic E-state index is 0.479. The van der Waals surface area contributed by atoms with Crippen molar-refractivity contribution in [3.05, 3.63) is 17.0 Å². The van der Waals surface area contributed by atoms with Crippen LogP contribution in [0.3, 0.4) is 0 Å². The van der Waals surface area contributed by atoms with Crippen LogP contribution in [0.1, 0.15) is 21.8 Å². The van der Waals surface area contributed by atoms with Crippen LogP contribution in [0.15, 0.2) is 4.52 Å². The lowest BCUT2D eigenvalue weighted by molar-refractivity contribution is 0.111. The molecule has 0 N–H and O–H groups in total. The predicted molar refractivity (Wildman–Crippen MR) is 41.8 cm³/mol. The van der Waals surface area contributed by atoms with E-state index in [9.17, 15) is 4.79 Å². The molecule has 11 heavy (non-hydrogen) atoms. The van der Waals surface area contributed by atoms with Crippen molar-refractivity contribution in [2.75, 3.05) is 5.75 Å². The molecule has 0 radical (unpaired) electrons. The van der Waals surface area contributed by atoms with Crippen molar-refractivity contribution in [3.63, 3.8) is 0 Å². The number of aryl methyl sites for hydroxylation is 1. The summed E-state index contributed by atoms with van der Waals surface area (Å²) in [6, 6.07) is 0. The van der Waals surface area contributed by atoms with Crippen molar-refractivity contribution >= 4 is 18.0 Å². The summed E-state index contributed by atoms with van der Waals surface area (Å²) >= 11 is 1.81. The van der Waals surface area contributed by atoms with Crippen LogP contribution in [0.5, 0.6) is 0 Å². The van der Waals surface area contributed by atoms with Gasteiger partial charge in [0.1, 0.15) is 5.76 Å². The summed E-state index contributed by atoms with van der Waals surface area (Å²) in [5.41, 5.74) is 1.48. The Labute approximate surface area is 68.1 Å². The number of rotatable bonds is 1. The van der Waals surface area contributed by atoms with Gasteiger partial charge in [0.2, 0.25) is 0 Å². The topological polar surface area (TPSA) is 43.1 Å². The van der Waals surface area contributed by atoms with E-state index in [4.69, 9.17) is 4.52 Å². The average molecular weight is 169 g/mol. The van der Waals surface area contributed by atoms with E-state index in [-0.39, 0.29) is 0 Å². The van der Waals surface area contributed by atoms with Crippen molar-refractivity contribution in [1.82, 2.24) is 5.16 Å². The van der Waals surface area contributed by atoms with Gasteiger partial charge in [-0.3, -0.25) is 4.79 Å². The van der Waals surface area contributed by atoms with E-state index in [0.717, 1.165) is 35.5 Å². The van der Waals surface area contributed by atoms with Gasteiger partial charge in [-0.2, -0.15) is 11.8 Å². The summed E-state index contributed by atoms with van der Waals surface area (Å²) in [5, 5.41) is 3.66. The first-order valence-corrected chi connectivity index (χ1v) is 4.57. The fourth-order valence-corrected chi connectivity index (χ4v) is 2.13. The maximum absolute atomic E-state index is 10.4. The first-order chi connectivity index (χ1) is 5.42. The van der Waals surface area contributed by atoms with Gasteiger partial charge in [-0.15, -0.1) is 0 Å². The fourth-order valence-electron chi connectivity index (χ4n) is 1.14. The summed E-state index contributed by atoms with van der Waals surface area (Å²) in [6.07, 6.45) is 1.66. The van der Waals surface area contributed by atoms with Gasteiger partial charge in [0.25, 0.3) is 0 Å². The van der Waals surface area contributed by atoms with Gasteiger partial charge in [0.15, 0.2) is 12.0 Å². The van der Waals surface area contributed by atoms with Crippen molar-refractivity contribution in [2.24, 2.45) is 0 Å².